The molecular weight excluding hydrogens is 236 g/mol. The highest BCUT2D eigenvalue weighted by atomic mass is 16.5. The van der Waals surface area contributed by atoms with Gasteiger partial charge in [0, 0.05) is 5.57 Å². The zero-order valence-electron chi connectivity index (χ0n) is 10.5. The SMILES string of the molecule is C=C(C)C(=O)OC.NC(=O)C=CCC=CC(N)=O. The predicted octanol–water partition coefficient (Wildman–Crippen LogP) is 0.195. The molecule has 0 aliphatic carbocycles. The van der Waals surface area contributed by atoms with E-state index in [-0.39, 0.29) is 5.97 Å². The van der Waals surface area contributed by atoms with Gasteiger partial charge in [-0.3, -0.25) is 9.59 Å². The zero-order chi connectivity index (χ0) is 14.6. The van der Waals surface area contributed by atoms with Crippen molar-refractivity contribution in [1.29, 1.82) is 0 Å². The van der Waals surface area contributed by atoms with Crippen LogP contribution in [0.15, 0.2) is 36.5 Å². The Morgan fingerprint density at radius 1 is 1.11 bits per heavy atom. The third kappa shape index (κ3) is 16.1. The number of carbonyl (C=O) groups is 3. The molecule has 6 nitrogen and oxygen atoms in total. The van der Waals surface area contributed by atoms with Crippen LogP contribution in [0.5, 0.6) is 0 Å². The summed E-state index contributed by atoms with van der Waals surface area (Å²) >= 11 is 0. The van der Waals surface area contributed by atoms with Crippen LogP contribution >= 0.6 is 0 Å². The molecule has 2 amide bonds. The molecule has 0 aromatic rings. The number of allylic oxidation sites excluding steroid dienone is 2. The average molecular weight is 254 g/mol. The molecule has 0 atom stereocenters. The Hall–Kier alpha value is -2.37. The normalized spacial score (nSPS) is 9.67. The minimum Gasteiger partial charge on any atom is -0.466 e. The van der Waals surface area contributed by atoms with E-state index in [0.29, 0.717) is 12.0 Å². The van der Waals surface area contributed by atoms with Gasteiger partial charge in [-0.05, 0) is 25.5 Å². The molecule has 0 spiro atoms. The number of methoxy groups -OCH3 is 1. The lowest BCUT2D eigenvalue weighted by Crippen LogP contribution is -2.05. The summed E-state index contributed by atoms with van der Waals surface area (Å²) in [5.41, 5.74) is 10.0. The fourth-order valence-corrected chi connectivity index (χ4v) is 0.621. The van der Waals surface area contributed by atoms with Crippen LogP contribution in [-0.4, -0.2) is 24.9 Å². The smallest absolute Gasteiger partial charge is 0.332 e. The topological polar surface area (TPSA) is 112 Å². The lowest BCUT2D eigenvalue weighted by atomic mass is 10.3. The number of hydrogen-bond acceptors (Lipinski definition) is 4. The largest absolute Gasteiger partial charge is 0.466 e. The number of primary amides is 2. The monoisotopic (exact) mass is 254 g/mol. The summed E-state index contributed by atoms with van der Waals surface area (Å²) in [5, 5.41) is 0. The second kappa shape index (κ2) is 11.1. The lowest BCUT2D eigenvalue weighted by Gasteiger charge is -1.91. The molecular formula is C12H18N2O4. The Bertz CT molecular complexity index is 348. The molecule has 0 rings (SSSR count). The van der Waals surface area contributed by atoms with Gasteiger partial charge in [0.2, 0.25) is 11.8 Å². The first-order valence-electron chi connectivity index (χ1n) is 4.97. The van der Waals surface area contributed by atoms with Crippen LogP contribution in [0.4, 0.5) is 0 Å². The van der Waals surface area contributed by atoms with Crippen LogP contribution in [0, 0.1) is 0 Å². The van der Waals surface area contributed by atoms with E-state index in [1.807, 2.05) is 0 Å². The van der Waals surface area contributed by atoms with Crippen molar-refractivity contribution in [3.05, 3.63) is 36.5 Å². The Labute approximate surface area is 106 Å². The molecule has 4 N–H and O–H groups in total. The summed E-state index contributed by atoms with van der Waals surface area (Å²) in [6.07, 6.45) is 6.02. The van der Waals surface area contributed by atoms with Gasteiger partial charge in [-0.2, -0.15) is 0 Å². The molecule has 0 aromatic carbocycles. The van der Waals surface area contributed by atoms with E-state index in [9.17, 15) is 14.4 Å². The lowest BCUT2D eigenvalue weighted by molar-refractivity contribution is -0.136. The van der Waals surface area contributed by atoms with E-state index in [1.165, 1.54) is 19.3 Å². The van der Waals surface area contributed by atoms with Crippen molar-refractivity contribution >= 4 is 17.8 Å². The number of hydrogen-bond donors (Lipinski definition) is 2. The molecule has 0 radical (unpaired) electrons. The fourth-order valence-electron chi connectivity index (χ4n) is 0.621. The minimum absolute atomic E-state index is 0.347. The maximum Gasteiger partial charge on any atom is 0.332 e. The number of carbonyl (C=O) groups excluding carboxylic acids is 3. The van der Waals surface area contributed by atoms with Crippen LogP contribution in [0.1, 0.15) is 13.3 Å². The van der Waals surface area contributed by atoms with Crippen molar-refractivity contribution in [1.82, 2.24) is 0 Å². The van der Waals surface area contributed by atoms with Crippen LogP contribution in [-0.2, 0) is 19.1 Å². The minimum atomic E-state index is -0.502. The first-order valence-corrected chi connectivity index (χ1v) is 4.97. The van der Waals surface area contributed by atoms with Gasteiger partial charge >= 0.3 is 5.97 Å². The van der Waals surface area contributed by atoms with E-state index >= 15 is 0 Å². The van der Waals surface area contributed by atoms with Crippen molar-refractivity contribution in [2.24, 2.45) is 11.5 Å². The van der Waals surface area contributed by atoms with Crippen molar-refractivity contribution in [2.75, 3.05) is 7.11 Å². The average Bonchev–Trinajstić information content (AvgIpc) is 2.27. The van der Waals surface area contributed by atoms with Gasteiger partial charge < -0.3 is 16.2 Å². The molecule has 0 saturated carbocycles. The molecule has 0 aliphatic rings. The first-order chi connectivity index (χ1) is 8.31. The zero-order valence-corrected chi connectivity index (χ0v) is 10.5. The van der Waals surface area contributed by atoms with Crippen molar-refractivity contribution in [2.45, 2.75) is 13.3 Å². The van der Waals surface area contributed by atoms with Crippen molar-refractivity contribution < 1.29 is 19.1 Å². The maximum absolute atomic E-state index is 10.2. The third-order valence-corrected chi connectivity index (χ3v) is 1.37. The number of rotatable bonds is 5. The molecule has 0 fully saturated rings. The summed E-state index contributed by atoms with van der Waals surface area (Å²) in [7, 11) is 1.33. The van der Waals surface area contributed by atoms with Gasteiger partial charge in [0.25, 0.3) is 0 Å². The molecule has 0 bridgehead atoms. The van der Waals surface area contributed by atoms with Gasteiger partial charge in [-0.25, -0.2) is 4.79 Å². The van der Waals surface area contributed by atoms with Gasteiger partial charge in [0.1, 0.15) is 0 Å². The number of esters is 1. The number of nitrogens with two attached hydrogens (primary N) is 2. The van der Waals surface area contributed by atoms with Gasteiger partial charge in [0.15, 0.2) is 0 Å². The Balaban J connectivity index is 0. The van der Waals surface area contributed by atoms with Gasteiger partial charge in [0.05, 0.1) is 7.11 Å². The van der Waals surface area contributed by atoms with Gasteiger partial charge in [-0.15, -0.1) is 0 Å². The van der Waals surface area contributed by atoms with Crippen molar-refractivity contribution in [3.63, 3.8) is 0 Å². The molecule has 0 saturated heterocycles. The van der Waals surface area contributed by atoms with E-state index in [2.05, 4.69) is 11.3 Å². The van der Waals surface area contributed by atoms with E-state index in [4.69, 9.17) is 11.5 Å². The maximum atomic E-state index is 10.2. The molecule has 18 heavy (non-hydrogen) atoms. The standard InChI is InChI=1S/C7H10N2O2.C5H8O2/c8-6(10)4-2-1-3-5-7(9)11;1-4(2)5(6)7-3/h2-5H,1H2,(H2,8,10)(H2,9,11);1H2,2-3H3. The highest BCUT2D eigenvalue weighted by Crippen LogP contribution is 1.87. The summed E-state index contributed by atoms with van der Waals surface area (Å²) in [6, 6.07) is 0. The van der Waals surface area contributed by atoms with Gasteiger partial charge in [-0.1, -0.05) is 18.7 Å². The molecule has 0 aliphatic heterocycles. The highest BCUT2D eigenvalue weighted by Gasteiger charge is 1.95. The molecule has 0 unspecified atom stereocenters. The van der Waals surface area contributed by atoms with E-state index < -0.39 is 11.8 Å². The molecule has 100 valence electrons. The third-order valence-electron chi connectivity index (χ3n) is 1.37. The number of amides is 2. The summed E-state index contributed by atoms with van der Waals surface area (Å²) in [5.74, 6) is -1.35. The summed E-state index contributed by atoms with van der Waals surface area (Å²) in [6.45, 7) is 4.95. The Morgan fingerprint density at radius 2 is 1.50 bits per heavy atom. The summed E-state index contributed by atoms with van der Waals surface area (Å²) < 4.78 is 4.27. The highest BCUT2D eigenvalue weighted by molar-refractivity contribution is 5.87. The van der Waals surface area contributed by atoms with Crippen LogP contribution in [0.25, 0.3) is 0 Å². The van der Waals surface area contributed by atoms with Crippen molar-refractivity contribution in [3.8, 4) is 0 Å². The molecule has 0 aromatic heterocycles. The van der Waals surface area contributed by atoms with Crippen LogP contribution in [0.2, 0.25) is 0 Å². The molecule has 0 heterocycles. The summed E-state index contributed by atoms with van der Waals surface area (Å²) in [4.78, 5) is 30.4. The Morgan fingerprint density at radius 3 is 1.67 bits per heavy atom. The first kappa shape index (κ1) is 18.0. The fraction of sp³-hybridized carbons (Fsp3) is 0.250. The molecule has 6 heteroatoms. The predicted molar refractivity (Wildman–Crippen MR) is 68.1 cm³/mol. The van der Waals surface area contributed by atoms with E-state index in [0.717, 1.165) is 0 Å². The Kier molecular flexibility index (Phi) is 11.1. The quantitative estimate of drug-likeness (QED) is 0.538. The second-order valence-electron chi connectivity index (χ2n) is 3.12. The van der Waals surface area contributed by atoms with Crippen LogP contribution in [0.3, 0.4) is 0 Å². The number of ether oxygens (including phenoxy) is 1. The van der Waals surface area contributed by atoms with E-state index in [1.54, 1.807) is 19.1 Å². The second-order valence-corrected chi connectivity index (χ2v) is 3.12. The van der Waals surface area contributed by atoms with Crippen LogP contribution < -0.4 is 11.5 Å².